The van der Waals surface area contributed by atoms with Gasteiger partial charge in [-0.05, 0) is 48.2 Å². The maximum absolute atomic E-state index is 12.4. The van der Waals surface area contributed by atoms with Crippen molar-refractivity contribution >= 4 is 24.8 Å². The Kier molecular flexibility index (Phi) is 7.61. The maximum Gasteiger partial charge on any atom is 0.123 e. The number of hydrogen-bond acceptors (Lipinski definition) is 2. The third-order valence-electron chi connectivity index (χ3n) is 4.28. The van der Waals surface area contributed by atoms with Crippen molar-refractivity contribution in [2.75, 3.05) is 0 Å². The fraction of sp³-hybridized carbons (Fsp3) is 0.333. The maximum atomic E-state index is 12.4. The smallest absolute Gasteiger partial charge is 0.123 e. The van der Waals surface area contributed by atoms with E-state index in [1.807, 2.05) is 24.3 Å². The Bertz CT molecular complexity index is 577. The SMILES string of the molecule is Cl.Cl.N[C@@H]1C[C@H]1c1ccc(F)cc1.N[C@H]1C[C@@H]1c1ccc(F)cc1. The zero-order chi connectivity index (χ0) is 15.7. The van der Waals surface area contributed by atoms with E-state index in [1.165, 1.54) is 35.4 Å². The van der Waals surface area contributed by atoms with Crippen LogP contribution in [-0.4, -0.2) is 12.1 Å². The van der Waals surface area contributed by atoms with Crippen molar-refractivity contribution in [2.24, 2.45) is 11.5 Å². The van der Waals surface area contributed by atoms with Crippen molar-refractivity contribution in [1.82, 2.24) is 0 Å². The Balaban J connectivity index is 0.000000222. The number of rotatable bonds is 2. The molecule has 132 valence electrons. The van der Waals surface area contributed by atoms with Crippen LogP contribution in [0.15, 0.2) is 48.5 Å². The van der Waals surface area contributed by atoms with Gasteiger partial charge in [0.25, 0.3) is 0 Å². The highest BCUT2D eigenvalue weighted by molar-refractivity contribution is 5.85. The van der Waals surface area contributed by atoms with Crippen LogP contribution in [0.4, 0.5) is 8.78 Å². The van der Waals surface area contributed by atoms with E-state index in [-0.39, 0.29) is 36.4 Å². The zero-order valence-corrected chi connectivity index (χ0v) is 14.7. The van der Waals surface area contributed by atoms with E-state index in [1.54, 1.807) is 0 Å². The van der Waals surface area contributed by atoms with Gasteiger partial charge in [0.1, 0.15) is 11.6 Å². The molecule has 0 unspecified atom stereocenters. The highest BCUT2D eigenvalue weighted by atomic mass is 35.5. The predicted octanol–water partition coefficient (Wildman–Crippen LogP) is 4.12. The first kappa shape index (κ1) is 20.8. The Labute approximate surface area is 153 Å². The van der Waals surface area contributed by atoms with E-state index in [0.29, 0.717) is 23.9 Å². The minimum absolute atomic E-state index is 0. The van der Waals surface area contributed by atoms with Gasteiger partial charge >= 0.3 is 0 Å². The highest BCUT2D eigenvalue weighted by Gasteiger charge is 2.35. The summed E-state index contributed by atoms with van der Waals surface area (Å²) in [4.78, 5) is 0. The van der Waals surface area contributed by atoms with E-state index in [2.05, 4.69) is 0 Å². The predicted molar refractivity (Wildman–Crippen MR) is 98.0 cm³/mol. The lowest BCUT2D eigenvalue weighted by Gasteiger charge is -1.96. The van der Waals surface area contributed by atoms with Gasteiger partial charge in [-0.15, -0.1) is 24.8 Å². The second kappa shape index (κ2) is 8.77. The van der Waals surface area contributed by atoms with Crippen molar-refractivity contribution in [3.05, 3.63) is 71.3 Å². The third kappa shape index (κ3) is 5.42. The topological polar surface area (TPSA) is 52.0 Å². The second-order valence-electron chi connectivity index (χ2n) is 6.12. The van der Waals surface area contributed by atoms with Gasteiger partial charge in [0.15, 0.2) is 0 Å². The molecule has 2 aromatic rings. The largest absolute Gasteiger partial charge is 0.327 e. The van der Waals surface area contributed by atoms with Gasteiger partial charge in [-0.1, -0.05) is 24.3 Å². The standard InChI is InChI=1S/2C9H10FN.2ClH/c2*10-7-3-1-6(2-4-7)8-5-9(8)11;;/h2*1-4,8-9H,5,11H2;2*1H/t2*8-,9+;;/m10../s1. The average Bonchev–Trinajstić information content (AvgIpc) is 3.41. The fourth-order valence-electron chi connectivity index (χ4n) is 2.62. The van der Waals surface area contributed by atoms with E-state index in [0.717, 1.165) is 12.8 Å². The second-order valence-corrected chi connectivity index (χ2v) is 6.12. The van der Waals surface area contributed by atoms with Crippen molar-refractivity contribution in [1.29, 1.82) is 0 Å². The highest BCUT2D eigenvalue weighted by Crippen LogP contribution is 2.39. The molecule has 24 heavy (non-hydrogen) atoms. The molecule has 0 radical (unpaired) electrons. The van der Waals surface area contributed by atoms with Crippen LogP contribution in [0.25, 0.3) is 0 Å². The molecule has 4 N–H and O–H groups in total. The van der Waals surface area contributed by atoms with Gasteiger partial charge in [0, 0.05) is 23.9 Å². The molecule has 0 aromatic heterocycles. The summed E-state index contributed by atoms with van der Waals surface area (Å²) >= 11 is 0. The fourth-order valence-corrected chi connectivity index (χ4v) is 2.62. The average molecular weight is 375 g/mol. The van der Waals surface area contributed by atoms with Crippen LogP contribution in [0.5, 0.6) is 0 Å². The molecule has 2 aliphatic carbocycles. The van der Waals surface area contributed by atoms with Crippen LogP contribution in [0.1, 0.15) is 35.8 Å². The lowest BCUT2D eigenvalue weighted by molar-refractivity contribution is 0.626. The lowest BCUT2D eigenvalue weighted by Crippen LogP contribution is -2.00. The molecule has 0 bridgehead atoms. The molecule has 0 amide bonds. The summed E-state index contributed by atoms with van der Waals surface area (Å²) in [6.07, 6.45) is 2.09. The summed E-state index contributed by atoms with van der Waals surface area (Å²) in [7, 11) is 0. The quantitative estimate of drug-likeness (QED) is 0.830. The molecule has 0 spiro atoms. The van der Waals surface area contributed by atoms with Crippen molar-refractivity contribution < 1.29 is 8.78 Å². The molecule has 2 nitrogen and oxygen atoms in total. The lowest BCUT2D eigenvalue weighted by atomic mass is 10.1. The van der Waals surface area contributed by atoms with Crippen molar-refractivity contribution in [2.45, 2.75) is 36.8 Å². The van der Waals surface area contributed by atoms with Crippen LogP contribution >= 0.6 is 24.8 Å². The van der Waals surface area contributed by atoms with Gasteiger partial charge in [0.2, 0.25) is 0 Å². The van der Waals surface area contributed by atoms with E-state index >= 15 is 0 Å². The summed E-state index contributed by atoms with van der Waals surface area (Å²) in [5.74, 6) is 0.608. The number of hydrogen-bond donors (Lipinski definition) is 2. The monoisotopic (exact) mass is 374 g/mol. The van der Waals surface area contributed by atoms with Crippen LogP contribution in [0.3, 0.4) is 0 Å². The van der Waals surface area contributed by atoms with Crippen LogP contribution < -0.4 is 11.5 Å². The minimum atomic E-state index is -0.178. The third-order valence-corrected chi connectivity index (χ3v) is 4.28. The molecule has 4 atom stereocenters. The summed E-state index contributed by atoms with van der Waals surface area (Å²) in [5.41, 5.74) is 13.6. The Morgan fingerprint density at radius 1 is 0.625 bits per heavy atom. The summed E-state index contributed by atoms with van der Waals surface area (Å²) in [6, 6.07) is 13.8. The zero-order valence-electron chi connectivity index (χ0n) is 13.1. The number of benzene rings is 2. The van der Waals surface area contributed by atoms with Gasteiger partial charge in [-0.2, -0.15) is 0 Å². The molecule has 0 saturated heterocycles. The molecule has 2 saturated carbocycles. The Morgan fingerprint density at radius 3 is 1.08 bits per heavy atom. The first-order valence-corrected chi connectivity index (χ1v) is 7.56. The van der Waals surface area contributed by atoms with Crippen molar-refractivity contribution in [3.63, 3.8) is 0 Å². The van der Waals surface area contributed by atoms with Gasteiger partial charge in [0.05, 0.1) is 0 Å². The van der Waals surface area contributed by atoms with Crippen LogP contribution in [-0.2, 0) is 0 Å². The summed E-state index contributed by atoms with van der Waals surface area (Å²) in [5, 5.41) is 0. The Hall–Kier alpha value is -1.20. The molecular weight excluding hydrogens is 353 g/mol. The van der Waals surface area contributed by atoms with E-state index in [9.17, 15) is 8.78 Å². The number of halogens is 4. The van der Waals surface area contributed by atoms with E-state index < -0.39 is 0 Å². The number of nitrogens with two attached hydrogens (primary N) is 2. The molecule has 2 aliphatic rings. The molecule has 6 heteroatoms. The minimum Gasteiger partial charge on any atom is -0.327 e. The molecule has 2 fully saturated rings. The molecule has 4 rings (SSSR count). The van der Waals surface area contributed by atoms with Gasteiger partial charge in [-0.25, -0.2) is 8.78 Å². The first-order chi connectivity index (χ1) is 10.5. The molecule has 2 aromatic carbocycles. The molecule has 0 heterocycles. The van der Waals surface area contributed by atoms with E-state index in [4.69, 9.17) is 11.5 Å². The van der Waals surface area contributed by atoms with Crippen LogP contribution in [0, 0.1) is 11.6 Å². The molecule has 0 aliphatic heterocycles. The van der Waals surface area contributed by atoms with Crippen molar-refractivity contribution in [3.8, 4) is 0 Å². The first-order valence-electron chi connectivity index (χ1n) is 7.56. The normalized spacial score (nSPS) is 26.2. The van der Waals surface area contributed by atoms with Crippen LogP contribution in [0.2, 0.25) is 0 Å². The van der Waals surface area contributed by atoms with Gasteiger partial charge in [-0.3, -0.25) is 0 Å². The summed E-state index contributed by atoms with van der Waals surface area (Å²) in [6.45, 7) is 0. The summed E-state index contributed by atoms with van der Waals surface area (Å²) < 4.78 is 24.9. The molecular formula is C18H22Cl2F2N2. The Morgan fingerprint density at radius 2 is 0.875 bits per heavy atom. The van der Waals surface area contributed by atoms with Gasteiger partial charge < -0.3 is 11.5 Å².